The number of benzene rings is 1. The minimum absolute atomic E-state index is 0. The van der Waals surface area contributed by atoms with Crippen LogP contribution in [0, 0.1) is 0 Å². The van der Waals surface area contributed by atoms with Gasteiger partial charge in [0.1, 0.15) is 0 Å². The molecule has 0 radical (unpaired) electrons. The third-order valence-electron chi connectivity index (χ3n) is 4.40. The molecule has 0 spiro atoms. The fourth-order valence-electron chi connectivity index (χ4n) is 3.02. The van der Waals surface area contributed by atoms with Crippen LogP contribution in [0.4, 0.5) is 0 Å². The number of rotatable bonds is 3. The Morgan fingerprint density at radius 1 is 0.533 bits per heavy atom. The van der Waals surface area contributed by atoms with Crippen molar-refractivity contribution in [2.24, 2.45) is 0 Å². The van der Waals surface area contributed by atoms with Crippen LogP contribution in [0.25, 0.3) is 0 Å². The Morgan fingerprint density at radius 2 is 0.900 bits per heavy atom. The zero-order valence-electron chi connectivity index (χ0n) is 16.4. The number of hydrogen-bond donors (Lipinski definition) is 0. The Labute approximate surface area is 205 Å². The number of alkyl halides is 1. The summed E-state index contributed by atoms with van der Waals surface area (Å²) in [5, 5.41) is 0. The fourth-order valence-corrected chi connectivity index (χ4v) is 3.39. The maximum Gasteiger partial charge on any atom is 2.00 e. The molecule has 0 saturated carbocycles. The molecule has 0 atom stereocenters. The first-order valence-corrected chi connectivity index (χ1v) is 9.72. The molecule has 0 aliphatic heterocycles. The Morgan fingerprint density at radius 3 is 1.20 bits per heavy atom. The van der Waals surface area contributed by atoms with Crippen LogP contribution in [0.5, 0.6) is 0 Å². The molecule has 0 aliphatic rings. The van der Waals surface area contributed by atoms with Crippen LogP contribution >= 0.6 is 11.6 Å². The summed E-state index contributed by atoms with van der Waals surface area (Å²) in [6, 6.07) is 46.6. The van der Waals surface area contributed by atoms with Crippen molar-refractivity contribution in [2.45, 2.75) is 4.87 Å². The van der Waals surface area contributed by atoms with Gasteiger partial charge in [0.2, 0.25) is 0 Å². The van der Waals surface area contributed by atoms with Crippen molar-refractivity contribution in [3.63, 3.8) is 0 Å². The normalized spacial score (nSPS) is 9.63. The van der Waals surface area contributed by atoms with E-state index in [1.54, 1.807) is 0 Å². The first-order chi connectivity index (χ1) is 13.8. The molecule has 0 N–H and O–H groups in total. The third-order valence-corrected chi connectivity index (χ3v) is 5.06. The van der Waals surface area contributed by atoms with Gasteiger partial charge in [-0.25, -0.2) is 48.5 Å². The van der Waals surface area contributed by atoms with Crippen LogP contribution in [0.3, 0.4) is 0 Å². The van der Waals surface area contributed by atoms with E-state index >= 15 is 0 Å². The van der Waals surface area contributed by atoms with Crippen molar-refractivity contribution in [1.82, 2.24) is 0 Å². The first-order valence-electron chi connectivity index (χ1n) is 9.34. The van der Waals surface area contributed by atoms with Crippen molar-refractivity contribution in [1.29, 1.82) is 0 Å². The minimum Gasteiger partial charge on any atom is -0.214 e. The SMILES string of the molecule is ClC(c1ccccc1)([c-]1cccc1)[c-]1cccc1.[Fe+2].[Fe+2].c1cc[cH-]c1.c1cc[cH-]c1. The van der Waals surface area contributed by atoms with Crippen molar-refractivity contribution in [2.75, 3.05) is 0 Å². The van der Waals surface area contributed by atoms with Crippen LogP contribution in [-0.4, -0.2) is 0 Å². The predicted molar refractivity (Wildman–Crippen MR) is 120 cm³/mol. The second-order valence-electron chi connectivity index (χ2n) is 6.30. The van der Waals surface area contributed by atoms with E-state index in [-0.39, 0.29) is 34.1 Å². The topological polar surface area (TPSA) is 0 Å². The molecule has 0 unspecified atom stereocenters. The van der Waals surface area contributed by atoms with Gasteiger partial charge in [0, 0.05) is 4.87 Å². The van der Waals surface area contributed by atoms with Crippen LogP contribution in [0.2, 0.25) is 0 Å². The summed E-state index contributed by atoms with van der Waals surface area (Å²) in [6.45, 7) is 0. The fraction of sp³-hybridized carbons (Fsp3) is 0.0370. The van der Waals surface area contributed by atoms with Crippen LogP contribution in [0.15, 0.2) is 140 Å². The van der Waals surface area contributed by atoms with Gasteiger partial charge in [-0.2, -0.15) is 60.7 Å². The minimum atomic E-state index is -0.589. The summed E-state index contributed by atoms with van der Waals surface area (Å²) in [5.74, 6) is 0. The summed E-state index contributed by atoms with van der Waals surface area (Å²) < 4.78 is 0. The van der Waals surface area contributed by atoms with Crippen LogP contribution in [0.1, 0.15) is 16.7 Å². The van der Waals surface area contributed by atoms with E-state index < -0.39 is 4.87 Å². The van der Waals surface area contributed by atoms with Gasteiger partial charge >= 0.3 is 34.1 Å². The summed E-state index contributed by atoms with van der Waals surface area (Å²) in [6.07, 6.45) is 0. The van der Waals surface area contributed by atoms with E-state index in [0.29, 0.717) is 0 Å². The predicted octanol–water partition coefficient (Wildman–Crippen LogP) is 7.46. The average Bonchev–Trinajstić information content (AvgIpc) is 3.59. The molecule has 30 heavy (non-hydrogen) atoms. The third kappa shape index (κ3) is 7.03. The van der Waals surface area contributed by atoms with Gasteiger partial charge in [0.05, 0.1) is 0 Å². The quantitative estimate of drug-likeness (QED) is 0.139. The molecule has 154 valence electrons. The van der Waals surface area contributed by atoms with Gasteiger partial charge in [0.25, 0.3) is 0 Å². The molecule has 0 aromatic heterocycles. The van der Waals surface area contributed by atoms with Crippen molar-refractivity contribution in [3.8, 4) is 0 Å². The zero-order chi connectivity index (χ0) is 19.5. The van der Waals surface area contributed by atoms with E-state index in [4.69, 9.17) is 11.6 Å². The molecule has 0 heterocycles. The van der Waals surface area contributed by atoms with E-state index in [9.17, 15) is 0 Å². The summed E-state index contributed by atoms with van der Waals surface area (Å²) >= 11 is 7.00. The molecule has 5 rings (SSSR count). The second-order valence-corrected chi connectivity index (χ2v) is 6.86. The van der Waals surface area contributed by atoms with E-state index in [1.807, 2.05) is 103 Å². The summed E-state index contributed by atoms with van der Waals surface area (Å²) in [4.78, 5) is -0.589. The molecule has 0 nitrogen and oxygen atoms in total. The molecule has 5 aromatic carbocycles. The Balaban J connectivity index is 0.000000310. The van der Waals surface area contributed by atoms with Crippen LogP contribution < -0.4 is 0 Å². The smallest absolute Gasteiger partial charge is 0.214 e. The van der Waals surface area contributed by atoms with Gasteiger partial charge in [-0.15, -0.1) is 22.7 Å². The first kappa shape index (κ1) is 26.0. The van der Waals surface area contributed by atoms with E-state index in [2.05, 4.69) is 36.4 Å². The summed E-state index contributed by atoms with van der Waals surface area (Å²) in [5.41, 5.74) is 3.33. The number of hydrogen-bond acceptors (Lipinski definition) is 0. The van der Waals surface area contributed by atoms with Gasteiger partial charge in [-0.3, -0.25) is 0 Å². The van der Waals surface area contributed by atoms with Crippen molar-refractivity contribution < 1.29 is 34.1 Å². The maximum absolute atomic E-state index is 7.00. The number of halogens is 1. The second kappa shape index (κ2) is 14.0. The molecular formula is C27H23ClFe2. The van der Waals surface area contributed by atoms with E-state index in [0.717, 1.165) is 16.7 Å². The van der Waals surface area contributed by atoms with Crippen molar-refractivity contribution >= 4 is 11.6 Å². The monoisotopic (exact) mass is 494 g/mol. The Kier molecular flexibility index (Phi) is 12.2. The molecule has 0 saturated heterocycles. The molecule has 0 bridgehead atoms. The van der Waals surface area contributed by atoms with Gasteiger partial charge in [0.15, 0.2) is 0 Å². The molecule has 0 aliphatic carbocycles. The average molecular weight is 495 g/mol. The largest absolute Gasteiger partial charge is 2.00 e. The van der Waals surface area contributed by atoms with Crippen LogP contribution in [-0.2, 0) is 39.0 Å². The maximum atomic E-state index is 7.00. The molecule has 0 amide bonds. The Bertz CT molecular complexity index is 854. The standard InChI is InChI=1S/C17H13Cl.2C5H5.2Fe/c18-17(15-10-4-5-11-15,16-12-6-7-13-16)14-8-2-1-3-9-14;2*1-2-4-5-3-1;;/h1-13H;2*1-5H;;/q-2;2*-1;2*+2. The molecule has 0 fully saturated rings. The zero-order valence-corrected chi connectivity index (χ0v) is 19.3. The summed E-state index contributed by atoms with van der Waals surface area (Å²) in [7, 11) is 0. The van der Waals surface area contributed by atoms with Crippen molar-refractivity contribution in [3.05, 3.63) is 156 Å². The van der Waals surface area contributed by atoms with Gasteiger partial charge < -0.3 is 0 Å². The van der Waals surface area contributed by atoms with Gasteiger partial charge in [-0.05, 0) is 5.56 Å². The molecule has 3 heteroatoms. The molecular weight excluding hydrogens is 471 g/mol. The van der Waals surface area contributed by atoms with Gasteiger partial charge in [-0.1, -0.05) is 30.3 Å². The van der Waals surface area contributed by atoms with E-state index in [1.165, 1.54) is 0 Å². The molecule has 5 aromatic rings. The Hall–Kier alpha value is -2.05.